The Kier molecular flexibility index (Phi) is 5.22. The van der Waals surface area contributed by atoms with Gasteiger partial charge in [0.15, 0.2) is 0 Å². The second-order valence-corrected chi connectivity index (χ2v) is 6.27. The molecule has 0 fully saturated rings. The molecular weight excluding hydrogens is 375 g/mol. The summed E-state index contributed by atoms with van der Waals surface area (Å²) in [7, 11) is 1.64. The summed E-state index contributed by atoms with van der Waals surface area (Å²) in [4.78, 5) is 11.6. The zero-order valence-electron chi connectivity index (χ0n) is 12.4. The lowest BCUT2D eigenvalue weighted by atomic mass is 10.1. The summed E-state index contributed by atoms with van der Waals surface area (Å²) < 4.78 is 1.23. The maximum atomic E-state index is 11.6. The third-order valence-electron chi connectivity index (χ3n) is 3.46. The summed E-state index contributed by atoms with van der Waals surface area (Å²) in [6, 6.07) is 14.4. The zero-order valence-corrected chi connectivity index (χ0v) is 14.6. The third-order valence-corrected chi connectivity index (χ3v) is 4.18. The molecule has 0 heterocycles. The van der Waals surface area contributed by atoms with Gasteiger partial charge in [-0.05, 0) is 77.9 Å². The van der Waals surface area contributed by atoms with E-state index in [0.717, 1.165) is 11.3 Å². The van der Waals surface area contributed by atoms with E-state index in [1.165, 1.54) is 9.13 Å². The maximum Gasteiger partial charge on any atom is 0.251 e. The van der Waals surface area contributed by atoms with E-state index < -0.39 is 0 Å². The number of carbonyl (C=O) groups excluding carboxylic acids is 1. The first kappa shape index (κ1) is 15.8. The van der Waals surface area contributed by atoms with Crippen molar-refractivity contribution >= 4 is 34.2 Å². The summed E-state index contributed by atoms with van der Waals surface area (Å²) in [5.74, 6) is -0.0599. The minimum atomic E-state index is -0.0599. The molecule has 0 spiro atoms. The van der Waals surface area contributed by atoms with Crippen LogP contribution in [0.25, 0.3) is 0 Å². The Balaban J connectivity index is 2.15. The molecule has 21 heavy (non-hydrogen) atoms. The van der Waals surface area contributed by atoms with Crippen molar-refractivity contribution in [3.63, 3.8) is 0 Å². The van der Waals surface area contributed by atoms with Gasteiger partial charge in [-0.15, -0.1) is 0 Å². The van der Waals surface area contributed by atoms with Crippen LogP contribution in [-0.4, -0.2) is 13.0 Å². The molecule has 4 heteroatoms. The van der Waals surface area contributed by atoms with E-state index in [1.807, 2.05) is 25.1 Å². The fourth-order valence-electron chi connectivity index (χ4n) is 2.18. The summed E-state index contributed by atoms with van der Waals surface area (Å²) >= 11 is 2.30. The Morgan fingerprint density at radius 2 is 1.81 bits per heavy atom. The molecule has 0 saturated heterocycles. The lowest BCUT2D eigenvalue weighted by Gasteiger charge is -2.18. The van der Waals surface area contributed by atoms with Gasteiger partial charge in [0, 0.05) is 27.9 Å². The van der Waals surface area contributed by atoms with Crippen LogP contribution in [-0.2, 0) is 0 Å². The molecule has 1 atom stereocenters. The van der Waals surface area contributed by atoms with Gasteiger partial charge in [0.2, 0.25) is 0 Å². The summed E-state index contributed by atoms with van der Waals surface area (Å²) in [5, 5.41) is 6.14. The summed E-state index contributed by atoms with van der Waals surface area (Å²) in [6.07, 6.45) is 0. The molecule has 2 N–H and O–H groups in total. The molecule has 110 valence electrons. The molecule has 0 aliphatic heterocycles. The molecule has 3 nitrogen and oxygen atoms in total. The standard InChI is InChI=1S/C17H19IN2O/c1-11-10-14(17(21)19-3)6-9-16(11)20-12(2)13-4-7-15(18)8-5-13/h4-10,12,20H,1-3H3,(H,19,21). The maximum absolute atomic E-state index is 11.6. The van der Waals surface area contributed by atoms with Gasteiger partial charge >= 0.3 is 0 Å². The first-order valence-electron chi connectivity index (χ1n) is 6.86. The normalized spacial score (nSPS) is 11.8. The second-order valence-electron chi connectivity index (χ2n) is 5.03. The minimum absolute atomic E-state index is 0.0599. The van der Waals surface area contributed by atoms with Gasteiger partial charge in [0.25, 0.3) is 5.91 Å². The zero-order chi connectivity index (χ0) is 15.4. The average molecular weight is 394 g/mol. The SMILES string of the molecule is CNC(=O)c1ccc(NC(C)c2ccc(I)cc2)c(C)c1. The molecule has 2 aromatic carbocycles. The van der Waals surface area contributed by atoms with Crippen LogP contribution in [0.1, 0.15) is 34.5 Å². The van der Waals surface area contributed by atoms with Crippen LogP contribution in [0.2, 0.25) is 0 Å². The van der Waals surface area contributed by atoms with Crippen LogP contribution in [0.15, 0.2) is 42.5 Å². The van der Waals surface area contributed by atoms with Gasteiger partial charge in [-0.2, -0.15) is 0 Å². The number of amides is 1. The molecule has 1 unspecified atom stereocenters. The first-order chi connectivity index (χ1) is 10.0. The Bertz CT molecular complexity index is 638. The van der Waals surface area contributed by atoms with E-state index in [-0.39, 0.29) is 11.9 Å². The molecule has 0 bridgehead atoms. The monoisotopic (exact) mass is 394 g/mol. The lowest BCUT2D eigenvalue weighted by Crippen LogP contribution is -2.18. The van der Waals surface area contributed by atoms with Gasteiger partial charge in [-0.3, -0.25) is 4.79 Å². The molecule has 0 aliphatic rings. The Labute approximate surface area is 139 Å². The number of anilines is 1. The number of carbonyl (C=O) groups is 1. The van der Waals surface area contributed by atoms with E-state index in [9.17, 15) is 4.79 Å². The molecule has 1 amide bonds. The minimum Gasteiger partial charge on any atom is -0.378 e. The molecule has 0 aromatic heterocycles. The van der Waals surface area contributed by atoms with Gasteiger partial charge in [0.1, 0.15) is 0 Å². The van der Waals surface area contributed by atoms with Crippen molar-refractivity contribution in [1.82, 2.24) is 5.32 Å². The highest BCUT2D eigenvalue weighted by molar-refractivity contribution is 14.1. The van der Waals surface area contributed by atoms with E-state index in [0.29, 0.717) is 5.56 Å². The van der Waals surface area contributed by atoms with Gasteiger partial charge in [-0.1, -0.05) is 12.1 Å². The third kappa shape index (κ3) is 3.97. The Morgan fingerprint density at radius 1 is 1.14 bits per heavy atom. The molecule has 0 saturated carbocycles. The predicted molar refractivity (Wildman–Crippen MR) is 95.8 cm³/mol. The van der Waals surface area contributed by atoms with Crippen molar-refractivity contribution in [3.8, 4) is 0 Å². The number of aryl methyl sites for hydroxylation is 1. The van der Waals surface area contributed by atoms with Crippen molar-refractivity contribution in [2.75, 3.05) is 12.4 Å². The smallest absolute Gasteiger partial charge is 0.251 e. The van der Waals surface area contributed by atoms with Gasteiger partial charge in [-0.25, -0.2) is 0 Å². The van der Waals surface area contributed by atoms with Crippen molar-refractivity contribution in [2.24, 2.45) is 0 Å². The molecular formula is C17H19IN2O. The quantitative estimate of drug-likeness (QED) is 0.766. The number of benzene rings is 2. The molecule has 0 radical (unpaired) electrons. The Hall–Kier alpha value is -1.56. The highest BCUT2D eigenvalue weighted by Crippen LogP contribution is 2.23. The van der Waals surface area contributed by atoms with E-state index in [2.05, 4.69) is 64.4 Å². The van der Waals surface area contributed by atoms with E-state index >= 15 is 0 Å². The molecule has 2 rings (SSSR count). The van der Waals surface area contributed by atoms with E-state index in [4.69, 9.17) is 0 Å². The predicted octanol–water partition coefficient (Wildman–Crippen LogP) is 4.13. The van der Waals surface area contributed by atoms with Crippen LogP contribution in [0, 0.1) is 10.5 Å². The van der Waals surface area contributed by atoms with Crippen molar-refractivity contribution in [1.29, 1.82) is 0 Å². The topological polar surface area (TPSA) is 41.1 Å². The van der Waals surface area contributed by atoms with Gasteiger partial charge in [0.05, 0.1) is 0 Å². The van der Waals surface area contributed by atoms with Gasteiger partial charge < -0.3 is 10.6 Å². The number of hydrogen-bond donors (Lipinski definition) is 2. The first-order valence-corrected chi connectivity index (χ1v) is 7.94. The largest absolute Gasteiger partial charge is 0.378 e. The van der Waals surface area contributed by atoms with E-state index in [1.54, 1.807) is 7.05 Å². The number of rotatable bonds is 4. The highest BCUT2D eigenvalue weighted by atomic mass is 127. The Morgan fingerprint density at radius 3 is 2.38 bits per heavy atom. The highest BCUT2D eigenvalue weighted by Gasteiger charge is 2.09. The molecule has 0 aliphatic carbocycles. The van der Waals surface area contributed by atoms with Crippen LogP contribution >= 0.6 is 22.6 Å². The number of nitrogens with one attached hydrogen (secondary N) is 2. The lowest BCUT2D eigenvalue weighted by molar-refractivity contribution is 0.0963. The summed E-state index contributed by atoms with van der Waals surface area (Å²) in [5.41, 5.74) is 4.04. The molecule has 2 aromatic rings. The van der Waals surface area contributed by atoms with Crippen LogP contribution < -0.4 is 10.6 Å². The fraction of sp³-hybridized carbons (Fsp3) is 0.235. The second kappa shape index (κ2) is 6.93. The van der Waals surface area contributed by atoms with Crippen LogP contribution in [0.4, 0.5) is 5.69 Å². The number of hydrogen-bond acceptors (Lipinski definition) is 2. The summed E-state index contributed by atoms with van der Waals surface area (Å²) in [6.45, 7) is 4.14. The van der Waals surface area contributed by atoms with Crippen molar-refractivity contribution in [2.45, 2.75) is 19.9 Å². The number of halogens is 1. The fourth-order valence-corrected chi connectivity index (χ4v) is 2.54. The van der Waals surface area contributed by atoms with Crippen LogP contribution in [0.5, 0.6) is 0 Å². The van der Waals surface area contributed by atoms with Crippen molar-refractivity contribution in [3.05, 3.63) is 62.7 Å². The average Bonchev–Trinajstić information content (AvgIpc) is 2.49. The van der Waals surface area contributed by atoms with Crippen LogP contribution in [0.3, 0.4) is 0 Å². The van der Waals surface area contributed by atoms with Crippen molar-refractivity contribution < 1.29 is 4.79 Å².